The summed E-state index contributed by atoms with van der Waals surface area (Å²) in [5.74, 6) is 3.27. The van der Waals surface area contributed by atoms with Gasteiger partial charge < -0.3 is 45.8 Å². The topological polar surface area (TPSA) is 196 Å². The number of phenolic OH excluding ortho intramolecular Hbond substituents is 1. The summed E-state index contributed by atoms with van der Waals surface area (Å²) in [4.78, 5) is 62.6. The second kappa shape index (κ2) is 21.3. The zero-order valence-electron chi connectivity index (χ0n) is 42.6. The van der Waals surface area contributed by atoms with Gasteiger partial charge in [-0.3, -0.25) is 19.3 Å². The van der Waals surface area contributed by atoms with Crippen molar-refractivity contribution in [2.75, 3.05) is 85.5 Å². The van der Waals surface area contributed by atoms with E-state index in [0.29, 0.717) is 17.3 Å². The van der Waals surface area contributed by atoms with Gasteiger partial charge >= 0.3 is 0 Å². The summed E-state index contributed by atoms with van der Waals surface area (Å²) in [5, 5.41) is 39.6. The Morgan fingerprint density at radius 3 is 2.15 bits per heavy atom. The van der Waals surface area contributed by atoms with Crippen LogP contribution in [-0.2, 0) is 14.4 Å². The lowest BCUT2D eigenvalue weighted by Crippen LogP contribution is -2.59. The number of terminal acetylenes is 1. The van der Waals surface area contributed by atoms with Crippen molar-refractivity contribution in [1.29, 1.82) is 0 Å². The van der Waals surface area contributed by atoms with Gasteiger partial charge in [0.2, 0.25) is 23.7 Å². The molecule has 2 aromatic heterocycles. The Balaban J connectivity index is 0.716. The van der Waals surface area contributed by atoms with Gasteiger partial charge in [-0.2, -0.15) is 0 Å². The summed E-state index contributed by atoms with van der Waals surface area (Å²) in [7, 11) is 0. The van der Waals surface area contributed by atoms with Crippen molar-refractivity contribution in [2.45, 2.75) is 110 Å². The third kappa shape index (κ3) is 10.9. The highest BCUT2D eigenvalue weighted by atomic mass is 16.3. The Kier molecular flexibility index (Phi) is 14.9. The first-order valence-corrected chi connectivity index (χ1v) is 26.0. The van der Waals surface area contributed by atoms with E-state index in [-0.39, 0.29) is 53.8 Å². The number of nitrogens with zero attached hydrogens (tertiary/aromatic N) is 9. The van der Waals surface area contributed by atoms with E-state index < -0.39 is 23.6 Å². The lowest BCUT2D eigenvalue weighted by Gasteiger charge is -2.56. The molecule has 17 nitrogen and oxygen atoms in total. The highest BCUT2D eigenvalue weighted by molar-refractivity contribution is 5.93. The number of amides is 3. The summed E-state index contributed by atoms with van der Waals surface area (Å²) in [6.45, 7) is 17.3. The van der Waals surface area contributed by atoms with E-state index in [1.54, 1.807) is 12.1 Å². The number of para-hydroxylation sites is 1. The Morgan fingerprint density at radius 2 is 1.51 bits per heavy atom. The smallest absolute Gasteiger partial charge is 0.246 e. The van der Waals surface area contributed by atoms with Gasteiger partial charge in [-0.25, -0.2) is 9.97 Å². The van der Waals surface area contributed by atoms with E-state index in [4.69, 9.17) is 16.4 Å². The van der Waals surface area contributed by atoms with Crippen LogP contribution in [0, 0.1) is 29.1 Å². The molecule has 3 saturated heterocycles. The third-order valence-corrected chi connectivity index (χ3v) is 16.0. The van der Waals surface area contributed by atoms with Crippen molar-refractivity contribution < 1.29 is 24.6 Å². The van der Waals surface area contributed by atoms with Gasteiger partial charge in [-0.1, -0.05) is 51.0 Å². The molecule has 1 spiro atoms. The van der Waals surface area contributed by atoms with Crippen molar-refractivity contribution >= 4 is 40.9 Å². The molecule has 0 unspecified atom stereocenters. The lowest BCUT2D eigenvalue weighted by molar-refractivity contribution is -0.145. The molecular formula is C55H72N12O5. The van der Waals surface area contributed by atoms with Gasteiger partial charge in [0, 0.05) is 95.0 Å². The number of anilines is 4. The highest BCUT2D eigenvalue weighted by Gasteiger charge is 2.50. The van der Waals surface area contributed by atoms with Crippen molar-refractivity contribution in [3.05, 3.63) is 78.1 Å². The SMILES string of the molecule is C#Cc1ccc([C@H](C)NC(=O)[C@@H]2C[C@@H](O)CN2C(=O)[C@@H](NC(=O)C2CCC3(CC2)CC(N2CCN(c4cnc(N5CCN(c6cc(-c7ccccc7O)nnc6NCC)CC5)nc4)CC2)C3)C(C)(C)C)cc1. The number of hydrogen-bond donors (Lipinski definition) is 5. The Labute approximate surface area is 424 Å². The van der Waals surface area contributed by atoms with Gasteiger partial charge in [0.25, 0.3) is 0 Å². The third-order valence-electron chi connectivity index (χ3n) is 16.0. The Hall–Kier alpha value is -6.51. The molecule has 5 heterocycles. The maximum absolute atomic E-state index is 14.3. The van der Waals surface area contributed by atoms with Crippen LogP contribution in [0.1, 0.15) is 96.7 Å². The van der Waals surface area contributed by atoms with Gasteiger partial charge in [0.15, 0.2) is 5.82 Å². The first-order valence-electron chi connectivity index (χ1n) is 26.0. The number of nitrogens with one attached hydrogen (secondary N) is 3. The Morgan fingerprint density at radius 1 is 0.861 bits per heavy atom. The van der Waals surface area contributed by atoms with Gasteiger partial charge in [0.05, 0.1) is 41.6 Å². The van der Waals surface area contributed by atoms with E-state index in [9.17, 15) is 24.6 Å². The highest BCUT2D eigenvalue weighted by Crippen LogP contribution is 2.54. The van der Waals surface area contributed by atoms with Gasteiger partial charge in [-0.15, -0.1) is 16.6 Å². The van der Waals surface area contributed by atoms with Crippen molar-refractivity contribution in [1.82, 2.24) is 40.6 Å². The number of hydrogen-bond acceptors (Lipinski definition) is 14. The van der Waals surface area contributed by atoms with Crippen LogP contribution in [0.5, 0.6) is 5.75 Å². The number of rotatable bonds is 13. The van der Waals surface area contributed by atoms with Crippen molar-refractivity contribution in [3.8, 4) is 29.4 Å². The average Bonchev–Trinajstić information content (AvgIpc) is 3.79. The van der Waals surface area contributed by atoms with Crippen molar-refractivity contribution in [3.63, 3.8) is 0 Å². The van der Waals surface area contributed by atoms with E-state index in [2.05, 4.69) is 51.7 Å². The minimum Gasteiger partial charge on any atom is -0.507 e. The number of carbonyl (C=O) groups is 3. The normalized spacial score (nSPS) is 24.5. The minimum atomic E-state index is -0.852. The second-order valence-corrected chi connectivity index (χ2v) is 21.8. The van der Waals surface area contributed by atoms with E-state index in [1.807, 2.05) is 89.5 Å². The molecule has 72 heavy (non-hydrogen) atoms. The summed E-state index contributed by atoms with van der Waals surface area (Å²) >= 11 is 0. The number of likely N-dealkylation sites (tertiary alicyclic amines) is 1. The molecule has 2 aliphatic carbocycles. The van der Waals surface area contributed by atoms with E-state index in [1.165, 1.54) is 4.90 Å². The summed E-state index contributed by atoms with van der Waals surface area (Å²) in [6, 6.07) is 15.1. The molecule has 5 fully saturated rings. The number of carbonyl (C=O) groups excluding carboxylic acids is 3. The fourth-order valence-electron chi connectivity index (χ4n) is 11.6. The number of piperazine rings is 2. The molecule has 3 amide bonds. The molecule has 5 N–H and O–H groups in total. The molecule has 9 rings (SSSR count). The first kappa shape index (κ1) is 50.4. The number of aliphatic hydroxyl groups excluding tert-OH is 1. The number of phenols is 1. The van der Waals surface area contributed by atoms with Crippen LogP contribution in [0.3, 0.4) is 0 Å². The lowest BCUT2D eigenvalue weighted by atomic mass is 9.56. The fraction of sp³-hybridized carbons (Fsp3) is 0.545. The zero-order chi connectivity index (χ0) is 50.7. The molecule has 2 aromatic carbocycles. The molecule has 3 aliphatic heterocycles. The summed E-state index contributed by atoms with van der Waals surface area (Å²) in [5.41, 5.74) is 4.55. The average molecular weight is 981 g/mol. The van der Waals surface area contributed by atoms with Gasteiger partial charge in [-0.05, 0) is 99.1 Å². The minimum absolute atomic E-state index is 0.0328. The fourth-order valence-corrected chi connectivity index (χ4v) is 11.6. The predicted octanol–water partition coefficient (Wildman–Crippen LogP) is 5.21. The standard InChI is InChI=1S/C55H72N12O5/c1-7-37-13-15-38(16-14-37)36(3)59-51(71)46-29-42(68)35-67(46)52(72)48(54(4,5)6)60-50(70)39-17-19-55(20-18-39)31-40(32-55)63-21-23-64(24-22-63)41-33-57-53(58-34-41)66-27-25-65(26-28-66)45-30-44(61-62-49(45)56-8-2)43-11-9-10-12-47(43)69/h1,9-16,30,33-34,36,39-40,42,46,48,68-69H,8,17-29,31-32,35H2,2-6H3,(H,56,62)(H,59,71)(H,60,70)/t36-,39?,40?,42+,46-,48+,55?/m0/s1. The summed E-state index contributed by atoms with van der Waals surface area (Å²) in [6.07, 6.45) is 14.6. The van der Waals surface area contributed by atoms with E-state index >= 15 is 0 Å². The largest absolute Gasteiger partial charge is 0.507 e. The number of β-amino-alcohol motifs (C(OH)–C–C–N with tert-alkyl or cyclic N) is 1. The van der Waals surface area contributed by atoms with Crippen LogP contribution in [-0.4, -0.2) is 148 Å². The number of benzene rings is 2. The molecule has 0 bridgehead atoms. The number of aromatic hydroxyl groups is 1. The van der Waals surface area contributed by atoms with Crippen LogP contribution >= 0.6 is 0 Å². The maximum Gasteiger partial charge on any atom is 0.246 e. The first-order chi connectivity index (χ1) is 34.6. The molecule has 4 aromatic rings. The molecular weight excluding hydrogens is 909 g/mol. The van der Waals surface area contributed by atoms with Crippen LogP contribution in [0.2, 0.25) is 0 Å². The van der Waals surface area contributed by atoms with Crippen molar-refractivity contribution in [2.24, 2.45) is 16.7 Å². The monoisotopic (exact) mass is 981 g/mol. The van der Waals surface area contributed by atoms with Gasteiger partial charge in [0.1, 0.15) is 17.8 Å². The van der Waals surface area contributed by atoms with Crippen LogP contribution in [0.25, 0.3) is 11.3 Å². The molecule has 4 atom stereocenters. The number of aliphatic hydroxyl groups is 1. The quantitative estimate of drug-likeness (QED) is 0.110. The second-order valence-electron chi connectivity index (χ2n) is 21.8. The number of aromatic nitrogens is 4. The molecule has 2 saturated carbocycles. The predicted molar refractivity (Wildman–Crippen MR) is 279 cm³/mol. The Bertz CT molecular complexity index is 2590. The van der Waals surface area contributed by atoms with Crippen LogP contribution < -0.4 is 30.7 Å². The van der Waals surface area contributed by atoms with Crippen LogP contribution in [0.4, 0.5) is 23.1 Å². The molecule has 5 aliphatic rings. The molecule has 382 valence electrons. The summed E-state index contributed by atoms with van der Waals surface area (Å²) < 4.78 is 0. The van der Waals surface area contributed by atoms with E-state index in [0.717, 1.165) is 132 Å². The van der Waals surface area contributed by atoms with Crippen LogP contribution in [0.15, 0.2) is 67.0 Å². The molecule has 17 heteroatoms. The molecule has 0 radical (unpaired) electrons. The zero-order valence-corrected chi connectivity index (χ0v) is 42.6. The maximum atomic E-state index is 14.3.